The minimum Gasteiger partial charge on any atom is -0.383 e. The first-order valence-corrected chi connectivity index (χ1v) is 7.06. The summed E-state index contributed by atoms with van der Waals surface area (Å²) >= 11 is 0. The van der Waals surface area contributed by atoms with Gasteiger partial charge in [-0.2, -0.15) is 0 Å². The zero-order chi connectivity index (χ0) is 14.3. The fraction of sp³-hybridized carbons (Fsp3) is 0.625. The maximum absolute atomic E-state index is 6.06. The number of hydrogen-bond donors (Lipinski definition) is 1. The van der Waals surface area contributed by atoms with Crippen LogP contribution in [-0.4, -0.2) is 44.3 Å². The smallest absolute Gasteiger partial charge is 0.0615 e. The van der Waals surface area contributed by atoms with Crippen LogP contribution >= 0.6 is 0 Å². The number of hydrogen-bond acceptors (Lipinski definition) is 3. The van der Waals surface area contributed by atoms with E-state index in [4.69, 9.17) is 10.5 Å². The normalized spacial score (nSPS) is 16.3. The fourth-order valence-corrected chi connectivity index (χ4v) is 2.49. The molecule has 1 aromatic rings. The summed E-state index contributed by atoms with van der Waals surface area (Å²) < 4.78 is 5.27. The first-order chi connectivity index (χ1) is 9.07. The maximum atomic E-state index is 6.06. The highest BCUT2D eigenvalue weighted by Crippen LogP contribution is 2.24. The van der Waals surface area contributed by atoms with Crippen molar-refractivity contribution in [3.05, 3.63) is 35.9 Å². The molecule has 0 saturated carbocycles. The Labute approximate surface area is 117 Å². The van der Waals surface area contributed by atoms with Crippen molar-refractivity contribution < 1.29 is 4.74 Å². The molecule has 1 rings (SSSR count). The van der Waals surface area contributed by atoms with Gasteiger partial charge in [-0.15, -0.1) is 0 Å². The molecule has 0 saturated heterocycles. The number of benzene rings is 1. The summed E-state index contributed by atoms with van der Waals surface area (Å²) in [5, 5.41) is 0. The molecule has 3 heteroatoms. The Kier molecular flexibility index (Phi) is 6.49. The number of ether oxygens (including phenoxy) is 1. The molecule has 0 aliphatic carbocycles. The van der Waals surface area contributed by atoms with Crippen LogP contribution in [0.15, 0.2) is 30.3 Å². The second-order valence-corrected chi connectivity index (χ2v) is 5.50. The second kappa shape index (κ2) is 7.63. The largest absolute Gasteiger partial charge is 0.383 e. The highest BCUT2D eigenvalue weighted by Gasteiger charge is 2.28. The number of rotatable bonds is 8. The monoisotopic (exact) mass is 264 g/mol. The van der Waals surface area contributed by atoms with Crippen molar-refractivity contribution in [2.45, 2.75) is 32.2 Å². The summed E-state index contributed by atoms with van der Waals surface area (Å²) in [5.41, 5.74) is 7.35. The summed E-state index contributed by atoms with van der Waals surface area (Å²) in [5.74, 6) is 0. The average Bonchev–Trinajstić information content (AvgIpc) is 2.45. The molecule has 0 radical (unpaired) electrons. The first kappa shape index (κ1) is 16.2. The van der Waals surface area contributed by atoms with E-state index in [9.17, 15) is 0 Å². The minimum atomic E-state index is -0.0146. The first-order valence-electron chi connectivity index (χ1n) is 7.06. The summed E-state index contributed by atoms with van der Waals surface area (Å²) in [7, 11) is 1.75. The molecule has 2 N–H and O–H groups in total. The molecule has 3 nitrogen and oxygen atoms in total. The van der Waals surface area contributed by atoms with E-state index in [0.29, 0.717) is 12.6 Å². The van der Waals surface area contributed by atoms with Crippen molar-refractivity contribution >= 4 is 0 Å². The lowest BCUT2D eigenvalue weighted by atomic mass is 9.81. The van der Waals surface area contributed by atoms with Gasteiger partial charge in [-0.1, -0.05) is 44.2 Å². The molecule has 0 aliphatic rings. The van der Waals surface area contributed by atoms with Crippen LogP contribution in [0.3, 0.4) is 0 Å². The fourth-order valence-electron chi connectivity index (χ4n) is 2.49. The SMILES string of the molecule is CCN(CC(C)(CN)c1ccccc1)C(C)COC. The number of likely N-dealkylation sites (N-methyl/N-ethyl adjacent to an activating group) is 1. The van der Waals surface area contributed by atoms with E-state index >= 15 is 0 Å². The minimum absolute atomic E-state index is 0.0146. The highest BCUT2D eigenvalue weighted by atomic mass is 16.5. The molecule has 0 bridgehead atoms. The van der Waals surface area contributed by atoms with Gasteiger partial charge in [-0.25, -0.2) is 0 Å². The van der Waals surface area contributed by atoms with E-state index in [2.05, 4.69) is 49.9 Å². The van der Waals surface area contributed by atoms with Gasteiger partial charge in [0.05, 0.1) is 6.61 Å². The number of methoxy groups -OCH3 is 1. The summed E-state index contributed by atoms with van der Waals surface area (Å²) in [4.78, 5) is 2.43. The van der Waals surface area contributed by atoms with Crippen LogP contribution in [0.5, 0.6) is 0 Å². The Morgan fingerprint density at radius 3 is 2.42 bits per heavy atom. The molecule has 0 amide bonds. The van der Waals surface area contributed by atoms with Crippen molar-refractivity contribution in [3.8, 4) is 0 Å². The molecule has 0 aliphatic heterocycles. The van der Waals surface area contributed by atoms with Crippen molar-refractivity contribution in [2.24, 2.45) is 5.73 Å². The molecule has 2 atom stereocenters. The predicted molar refractivity (Wildman–Crippen MR) is 81.4 cm³/mol. The Hall–Kier alpha value is -0.900. The van der Waals surface area contributed by atoms with Gasteiger partial charge in [-0.05, 0) is 19.0 Å². The predicted octanol–water partition coefficient (Wildman–Crippen LogP) is 2.26. The van der Waals surface area contributed by atoms with Crippen LogP contribution in [-0.2, 0) is 10.2 Å². The third-order valence-electron chi connectivity index (χ3n) is 3.91. The average molecular weight is 264 g/mol. The molecule has 108 valence electrons. The Balaban J connectivity index is 2.85. The molecule has 0 fully saturated rings. The third kappa shape index (κ3) is 4.30. The van der Waals surface area contributed by atoms with Gasteiger partial charge in [0, 0.05) is 31.7 Å². The van der Waals surface area contributed by atoms with E-state index < -0.39 is 0 Å². The van der Waals surface area contributed by atoms with Crippen LogP contribution in [0.25, 0.3) is 0 Å². The van der Waals surface area contributed by atoms with E-state index in [1.165, 1.54) is 5.56 Å². The Morgan fingerprint density at radius 2 is 1.95 bits per heavy atom. The molecule has 0 aromatic heterocycles. The van der Waals surface area contributed by atoms with Gasteiger partial charge >= 0.3 is 0 Å². The quantitative estimate of drug-likeness (QED) is 0.783. The van der Waals surface area contributed by atoms with Gasteiger partial charge in [0.15, 0.2) is 0 Å². The van der Waals surface area contributed by atoms with Crippen LogP contribution in [0.4, 0.5) is 0 Å². The summed E-state index contributed by atoms with van der Waals surface area (Å²) in [6.07, 6.45) is 0. The lowest BCUT2D eigenvalue weighted by Gasteiger charge is -2.37. The lowest BCUT2D eigenvalue weighted by Crippen LogP contribution is -2.48. The molecule has 0 heterocycles. The third-order valence-corrected chi connectivity index (χ3v) is 3.91. The summed E-state index contributed by atoms with van der Waals surface area (Å²) in [6, 6.07) is 11.0. The van der Waals surface area contributed by atoms with Crippen LogP contribution in [0.2, 0.25) is 0 Å². The van der Waals surface area contributed by atoms with Gasteiger partial charge in [0.1, 0.15) is 0 Å². The topological polar surface area (TPSA) is 38.5 Å². The Morgan fingerprint density at radius 1 is 1.32 bits per heavy atom. The highest BCUT2D eigenvalue weighted by molar-refractivity contribution is 5.25. The van der Waals surface area contributed by atoms with Gasteiger partial charge in [0.2, 0.25) is 0 Å². The van der Waals surface area contributed by atoms with Crippen molar-refractivity contribution in [1.29, 1.82) is 0 Å². The molecule has 1 aromatic carbocycles. The van der Waals surface area contributed by atoms with E-state index in [1.807, 2.05) is 6.07 Å². The van der Waals surface area contributed by atoms with Gasteiger partial charge in [0.25, 0.3) is 0 Å². The standard InChI is InChI=1S/C16H28N2O/c1-5-18(14(2)11-19-4)13-16(3,12-17)15-9-7-6-8-10-15/h6-10,14H,5,11-13,17H2,1-4H3. The van der Waals surface area contributed by atoms with Crippen LogP contribution in [0, 0.1) is 0 Å². The van der Waals surface area contributed by atoms with Crippen molar-refractivity contribution in [3.63, 3.8) is 0 Å². The lowest BCUT2D eigenvalue weighted by molar-refractivity contribution is 0.0883. The van der Waals surface area contributed by atoms with Crippen molar-refractivity contribution in [2.75, 3.05) is 33.4 Å². The van der Waals surface area contributed by atoms with Crippen molar-refractivity contribution in [1.82, 2.24) is 4.90 Å². The number of nitrogens with two attached hydrogens (primary N) is 1. The zero-order valence-corrected chi connectivity index (χ0v) is 12.7. The molecular weight excluding hydrogens is 236 g/mol. The number of nitrogens with zero attached hydrogens (tertiary/aromatic N) is 1. The van der Waals surface area contributed by atoms with E-state index in [1.54, 1.807) is 7.11 Å². The maximum Gasteiger partial charge on any atom is 0.0615 e. The zero-order valence-electron chi connectivity index (χ0n) is 12.7. The molecule has 19 heavy (non-hydrogen) atoms. The van der Waals surface area contributed by atoms with E-state index in [0.717, 1.165) is 19.7 Å². The van der Waals surface area contributed by atoms with Crippen LogP contribution < -0.4 is 5.73 Å². The van der Waals surface area contributed by atoms with Crippen LogP contribution in [0.1, 0.15) is 26.3 Å². The van der Waals surface area contributed by atoms with Gasteiger partial charge in [-0.3, -0.25) is 4.90 Å². The Bertz CT molecular complexity index is 355. The summed E-state index contributed by atoms with van der Waals surface area (Å²) in [6.45, 7) is 9.99. The molecule has 2 unspecified atom stereocenters. The molecular formula is C16H28N2O. The molecule has 0 spiro atoms. The van der Waals surface area contributed by atoms with E-state index in [-0.39, 0.29) is 5.41 Å². The second-order valence-electron chi connectivity index (χ2n) is 5.50. The van der Waals surface area contributed by atoms with Gasteiger partial charge < -0.3 is 10.5 Å².